The van der Waals surface area contributed by atoms with E-state index in [0.717, 1.165) is 38.9 Å². The van der Waals surface area contributed by atoms with Gasteiger partial charge in [-0.3, -0.25) is 0 Å². The molecule has 0 amide bonds. The van der Waals surface area contributed by atoms with Gasteiger partial charge in [0.05, 0.1) is 0 Å². The number of benzene rings is 3. The van der Waals surface area contributed by atoms with Crippen LogP contribution in [0.25, 0.3) is 0 Å². The van der Waals surface area contributed by atoms with Gasteiger partial charge in [0.2, 0.25) is 0 Å². The molecule has 0 unspecified atom stereocenters. The molecule has 3 aromatic rings. The molecule has 0 aliphatic carbocycles. The molecule has 156 valence electrons. The van der Waals surface area contributed by atoms with Gasteiger partial charge in [-0.1, -0.05) is 48.5 Å². The summed E-state index contributed by atoms with van der Waals surface area (Å²) in [5.74, 6) is 0. The number of hydrogen-bond acceptors (Lipinski definition) is 3. The minimum Gasteiger partial charge on any atom is -0.378 e. The summed E-state index contributed by atoms with van der Waals surface area (Å²) >= 11 is 0. The van der Waals surface area contributed by atoms with Crippen molar-refractivity contribution in [2.45, 2.75) is 19.3 Å². The van der Waals surface area contributed by atoms with E-state index < -0.39 is 0 Å². The van der Waals surface area contributed by atoms with Gasteiger partial charge in [0.15, 0.2) is 0 Å². The molecule has 30 heavy (non-hydrogen) atoms. The smallest absolute Gasteiger partial charge is 0.0443 e. The molecular weight excluding hydrogens is 366 g/mol. The van der Waals surface area contributed by atoms with E-state index >= 15 is 0 Å². The van der Waals surface area contributed by atoms with Crippen LogP contribution in [0.5, 0.6) is 0 Å². The van der Waals surface area contributed by atoms with E-state index in [-0.39, 0.29) is 0 Å². The molecule has 0 saturated carbocycles. The number of anilines is 3. The zero-order chi connectivity index (χ0) is 20.9. The van der Waals surface area contributed by atoms with E-state index in [2.05, 4.69) is 109 Å². The van der Waals surface area contributed by atoms with Gasteiger partial charge in [-0.25, -0.2) is 0 Å². The molecule has 0 atom stereocenters. The molecule has 1 heterocycles. The molecule has 0 bridgehead atoms. The second-order valence-electron chi connectivity index (χ2n) is 8.52. The Bertz CT molecular complexity index is 914. The maximum atomic E-state index is 2.53. The van der Waals surface area contributed by atoms with Gasteiger partial charge in [0.1, 0.15) is 0 Å². The minimum absolute atomic E-state index is 1.00. The van der Waals surface area contributed by atoms with Crippen LogP contribution in [0.15, 0.2) is 72.8 Å². The second-order valence-corrected chi connectivity index (χ2v) is 8.52. The third-order valence-electron chi connectivity index (χ3n) is 6.17. The predicted octanol–water partition coefficient (Wildman–Crippen LogP) is 5.16. The Kier molecular flexibility index (Phi) is 6.39. The fourth-order valence-electron chi connectivity index (χ4n) is 4.27. The molecule has 1 aliphatic heterocycles. The van der Waals surface area contributed by atoms with E-state index in [1.165, 1.54) is 33.8 Å². The van der Waals surface area contributed by atoms with Gasteiger partial charge in [-0.15, -0.1) is 0 Å². The Morgan fingerprint density at radius 2 is 1.27 bits per heavy atom. The Hall–Kier alpha value is -2.78. The quantitative estimate of drug-likeness (QED) is 0.543. The van der Waals surface area contributed by atoms with E-state index in [1.54, 1.807) is 0 Å². The highest BCUT2D eigenvalue weighted by Crippen LogP contribution is 2.35. The van der Waals surface area contributed by atoms with Crippen molar-refractivity contribution in [2.75, 3.05) is 50.6 Å². The monoisotopic (exact) mass is 399 g/mol. The number of likely N-dealkylation sites (N-methyl/N-ethyl adjacent to an activating group) is 1. The van der Waals surface area contributed by atoms with Crippen LogP contribution in [0.1, 0.15) is 16.7 Å². The highest BCUT2D eigenvalue weighted by molar-refractivity contribution is 5.71. The van der Waals surface area contributed by atoms with Gasteiger partial charge in [-0.05, 0) is 67.3 Å². The maximum Gasteiger partial charge on any atom is 0.0443 e. The molecule has 0 fully saturated rings. The van der Waals surface area contributed by atoms with Gasteiger partial charge >= 0.3 is 0 Å². The lowest BCUT2D eigenvalue weighted by atomic mass is 10.0. The topological polar surface area (TPSA) is 9.72 Å². The van der Waals surface area contributed by atoms with Crippen molar-refractivity contribution in [1.82, 2.24) is 4.90 Å². The maximum absolute atomic E-state index is 2.53. The third-order valence-corrected chi connectivity index (χ3v) is 6.17. The van der Waals surface area contributed by atoms with Crippen molar-refractivity contribution in [3.8, 4) is 0 Å². The van der Waals surface area contributed by atoms with Crippen LogP contribution in [0.2, 0.25) is 0 Å². The summed E-state index contributed by atoms with van der Waals surface area (Å²) < 4.78 is 0. The minimum atomic E-state index is 1.00. The van der Waals surface area contributed by atoms with Crippen LogP contribution in [0.3, 0.4) is 0 Å². The van der Waals surface area contributed by atoms with Gasteiger partial charge in [0, 0.05) is 50.8 Å². The zero-order valence-corrected chi connectivity index (χ0v) is 18.5. The number of fused-ring (bicyclic) bond motifs is 2. The molecule has 3 heteroatoms. The molecule has 0 spiro atoms. The summed E-state index contributed by atoms with van der Waals surface area (Å²) in [5, 5.41) is 0. The molecule has 0 radical (unpaired) electrons. The van der Waals surface area contributed by atoms with Crippen LogP contribution in [-0.2, 0) is 19.3 Å². The first kappa shape index (κ1) is 20.5. The summed E-state index contributed by atoms with van der Waals surface area (Å²) in [6, 6.07) is 26.7. The van der Waals surface area contributed by atoms with Gasteiger partial charge < -0.3 is 14.7 Å². The van der Waals surface area contributed by atoms with Crippen molar-refractivity contribution < 1.29 is 0 Å². The fourth-order valence-corrected chi connectivity index (χ4v) is 4.27. The highest BCUT2D eigenvalue weighted by atomic mass is 15.2. The number of hydrogen-bond donors (Lipinski definition) is 0. The first-order valence-corrected chi connectivity index (χ1v) is 11.0. The Morgan fingerprint density at radius 1 is 0.700 bits per heavy atom. The average molecular weight is 400 g/mol. The van der Waals surface area contributed by atoms with Crippen molar-refractivity contribution in [2.24, 2.45) is 0 Å². The molecule has 4 rings (SSSR count). The van der Waals surface area contributed by atoms with Crippen LogP contribution < -0.4 is 9.80 Å². The average Bonchev–Trinajstić information content (AvgIpc) is 2.93. The molecular formula is C27H33N3. The Morgan fingerprint density at radius 3 is 1.83 bits per heavy atom. The first-order chi connectivity index (χ1) is 14.6. The SMILES string of the molecule is CN(CCc1ccc(N(C)C)cc1)CCN1c2ccccc2CCc2ccccc21. The largest absolute Gasteiger partial charge is 0.378 e. The summed E-state index contributed by atoms with van der Waals surface area (Å²) in [4.78, 5) is 7.13. The van der Waals surface area contributed by atoms with Crippen LogP contribution in [0.4, 0.5) is 17.1 Å². The molecule has 3 nitrogen and oxygen atoms in total. The lowest BCUT2D eigenvalue weighted by Gasteiger charge is -2.29. The molecule has 0 N–H and O–H groups in total. The molecule has 1 aliphatic rings. The molecule has 3 aromatic carbocycles. The fraction of sp³-hybridized carbons (Fsp3) is 0.333. The number of para-hydroxylation sites is 2. The van der Waals surface area contributed by atoms with Crippen molar-refractivity contribution in [1.29, 1.82) is 0 Å². The lowest BCUT2D eigenvalue weighted by Crippen LogP contribution is -2.32. The normalized spacial score (nSPS) is 13.0. The van der Waals surface area contributed by atoms with Crippen LogP contribution >= 0.6 is 0 Å². The van der Waals surface area contributed by atoms with Crippen LogP contribution in [-0.4, -0.2) is 45.7 Å². The van der Waals surface area contributed by atoms with E-state index in [1.807, 2.05) is 0 Å². The Labute approximate surface area is 181 Å². The van der Waals surface area contributed by atoms with Gasteiger partial charge in [-0.2, -0.15) is 0 Å². The van der Waals surface area contributed by atoms with Crippen molar-refractivity contribution in [3.05, 3.63) is 89.5 Å². The summed E-state index contributed by atoms with van der Waals surface area (Å²) in [6.45, 7) is 3.11. The Balaban J connectivity index is 1.41. The standard InChI is InChI=1S/C27H33N3/c1-28(2)25-16-12-22(13-17-25)18-19-29(3)20-21-30-26-10-6-4-8-23(26)14-15-24-9-5-7-11-27(24)30/h4-13,16-17H,14-15,18-21H2,1-3H3. The van der Waals surface area contributed by atoms with Crippen LogP contribution in [0, 0.1) is 0 Å². The zero-order valence-electron chi connectivity index (χ0n) is 18.5. The molecule has 0 saturated heterocycles. The van der Waals surface area contributed by atoms with E-state index in [4.69, 9.17) is 0 Å². The van der Waals surface area contributed by atoms with Gasteiger partial charge in [0.25, 0.3) is 0 Å². The number of rotatable bonds is 7. The number of nitrogens with zero attached hydrogens (tertiary/aromatic N) is 3. The predicted molar refractivity (Wildman–Crippen MR) is 129 cm³/mol. The summed E-state index contributed by atoms with van der Waals surface area (Å²) in [5.41, 5.74) is 8.31. The summed E-state index contributed by atoms with van der Waals surface area (Å²) in [6.07, 6.45) is 3.31. The van der Waals surface area contributed by atoms with Crippen molar-refractivity contribution in [3.63, 3.8) is 0 Å². The highest BCUT2D eigenvalue weighted by Gasteiger charge is 2.20. The lowest BCUT2D eigenvalue weighted by molar-refractivity contribution is 0.347. The second kappa shape index (κ2) is 9.36. The van der Waals surface area contributed by atoms with E-state index in [0.29, 0.717) is 0 Å². The first-order valence-electron chi connectivity index (χ1n) is 11.0. The third kappa shape index (κ3) is 4.68. The van der Waals surface area contributed by atoms with E-state index in [9.17, 15) is 0 Å². The molecule has 0 aromatic heterocycles. The van der Waals surface area contributed by atoms with Crippen molar-refractivity contribution >= 4 is 17.1 Å². The number of aryl methyl sites for hydroxylation is 2. The summed E-state index contributed by atoms with van der Waals surface area (Å²) in [7, 11) is 6.41.